The van der Waals surface area contributed by atoms with Gasteiger partial charge in [-0.1, -0.05) is 29.8 Å². The first-order valence-electron chi connectivity index (χ1n) is 5.15. The second kappa shape index (κ2) is 5.86. The average molecular weight is 440 g/mol. The molecule has 1 atom stereocenters. The van der Waals surface area contributed by atoms with E-state index in [2.05, 4.69) is 38.5 Å². The maximum absolute atomic E-state index is 14.0. The fraction of sp³-hybridized carbons (Fsp3) is 0.0769. The lowest BCUT2D eigenvalue weighted by atomic mass is 9.99. The van der Waals surface area contributed by atoms with Crippen LogP contribution in [-0.4, -0.2) is 0 Å². The van der Waals surface area contributed by atoms with Crippen molar-refractivity contribution in [3.05, 3.63) is 66.4 Å². The van der Waals surface area contributed by atoms with Crippen LogP contribution in [0.5, 0.6) is 0 Å². The highest BCUT2D eigenvalue weighted by Gasteiger charge is 2.16. The Morgan fingerprint density at radius 1 is 1.28 bits per heavy atom. The van der Waals surface area contributed by atoms with E-state index in [-0.39, 0.29) is 5.82 Å². The number of halogens is 4. The third-order valence-corrected chi connectivity index (χ3v) is 4.80. The number of hydrogen-bond donors (Lipinski definition) is 1. The van der Waals surface area contributed by atoms with Gasteiger partial charge >= 0.3 is 0 Å². The van der Waals surface area contributed by atoms with Crippen LogP contribution >= 0.6 is 50.1 Å². The molecule has 0 radical (unpaired) electrons. The van der Waals surface area contributed by atoms with Gasteiger partial charge in [0.2, 0.25) is 0 Å². The maximum atomic E-state index is 14.0. The molecular formula is C13H9BrClFIN. The van der Waals surface area contributed by atoms with Crippen LogP contribution < -0.4 is 5.73 Å². The Morgan fingerprint density at radius 2 is 2.00 bits per heavy atom. The Labute approximate surface area is 132 Å². The summed E-state index contributed by atoms with van der Waals surface area (Å²) in [5.41, 5.74) is 7.32. The molecule has 0 aliphatic carbocycles. The van der Waals surface area contributed by atoms with Crippen molar-refractivity contribution in [1.29, 1.82) is 0 Å². The van der Waals surface area contributed by atoms with Crippen LogP contribution in [-0.2, 0) is 0 Å². The molecule has 0 amide bonds. The standard InChI is InChI=1S/C13H9BrClFIN/c14-9-3-1-2-8(12(9)16)13(18)7-4-5-11(17)10(15)6-7/h1-6,13H,18H2. The average Bonchev–Trinajstić information content (AvgIpc) is 2.35. The summed E-state index contributed by atoms with van der Waals surface area (Å²) in [6, 6.07) is 10.1. The van der Waals surface area contributed by atoms with Crippen LogP contribution in [0.4, 0.5) is 4.39 Å². The Kier molecular flexibility index (Phi) is 4.64. The Hall–Kier alpha value is -0.170. The topological polar surface area (TPSA) is 26.0 Å². The summed E-state index contributed by atoms with van der Waals surface area (Å²) < 4.78 is 15.3. The van der Waals surface area contributed by atoms with Gasteiger partial charge in [-0.15, -0.1) is 0 Å². The molecule has 0 heterocycles. The molecule has 1 nitrogen and oxygen atoms in total. The van der Waals surface area contributed by atoms with E-state index in [0.717, 1.165) is 9.13 Å². The zero-order chi connectivity index (χ0) is 13.3. The van der Waals surface area contributed by atoms with Gasteiger partial charge in [0.05, 0.1) is 15.5 Å². The van der Waals surface area contributed by atoms with Gasteiger partial charge < -0.3 is 5.73 Å². The summed E-state index contributed by atoms with van der Waals surface area (Å²) in [7, 11) is 0. The molecule has 0 aliphatic heterocycles. The maximum Gasteiger partial charge on any atom is 0.142 e. The second-order valence-electron chi connectivity index (χ2n) is 3.79. The van der Waals surface area contributed by atoms with Crippen LogP contribution in [0.25, 0.3) is 0 Å². The van der Waals surface area contributed by atoms with Crippen molar-refractivity contribution in [3.8, 4) is 0 Å². The van der Waals surface area contributed by atoms with E-state index in [1.54, 1.807) is 24.3 Å². The monoisotopic (exact) mass is 439 g/mol. The number of benzene rings is 2. The van der Waals surface area contributed by atoms with Gasteiger partial charge in [0, 0.05) is 9.13 Å². The third-order valence-electron chi connectivity index (χ3n) is 2.62. The van der Waals surface area contributed by atoms with Gasteiger partial charge in [0.1, 0.15) is 5.82 Å². The van der Waals surface area contributed by atoms with E-state index in [9.17, 15) is 4.39 Å². The predicted molar refractivity (Wildman–Crippen MR) is 84.3 cm³/mol. The highest BCUT2D eigenvalue weighted by atomic mass is 127. The Bertz CT molecular complexity index is 591. The van der Waals surface area contributed by atoms with Crippen molar-refractivity contribution in [2.24, 2.45) is 5.73 Å². The van der Waals surface area contributed by atoms with Gasteiger partial charge in [0.25, 0.3) is 0 Å². The van der Waals surface area contributed by atoms with E-state index in [1.165, 1.54) is 0 Å². The number of hydrogen-bond acceptors (Lipinski definition) is 1. The van der Waals surface area contributed by atoms with Crippen molar-refractivity contribution in [3.63, 3.8) is 0 Å². The molecule has 0 aromatic heterocycles. The third kappa shape index (κ3) is 2.87. The zero-order valence-corrected chi connectivity index (χ0v) is 13.6. The molecule has 0 fully saturated rings. The molecule has 1 unspecified atom stereocenters. The van der Waals surface area contributed by atoms with Crippen LogP contribution in [0, 0.1) is 9.39 Å². The summed E-state index contributed by atoms with van der Waals surface area (Å²) in [6.45, 7) is 0. The predicted octanol–water partition coefficient (Wildman–Crippen LogP) is 4.89. The van der Waals surface area contributed by atoms with E-state index in [0.29, 0.717) is 15.1 Å². The number of rotatable bonds is 2. The fourth-order valence-electron chi connectivity index (χ4n) is 1.65. The minimum atomic E-state index is -0.531. The molecule has 0 saturated heterocycles. The van der Waals surface area contributed by atoms with Gasteiger partial charge in [-0.2, -0.15) is 0 Å². The van der Waals surface area contributed by atoms with Crippen molar-refractivity contribution in [2.45, 2.75) is 6.04 Å². The lowest BCUT2D eigenvalue weighted by Crippen LogP contribution is -2.14. The van der Waals surface area contributed by atoms with Crippen LogP contribution in [0.2, 0.25) is 5.02 Å². The summed E-state index contributed by atoms with van der Waals surface area (Å²) in [5.74, 6) is -0.334. The quantitative estimate of drug-likeness (QED) is 0.661. The van der Waals surface area contributed by atoms with E-state index >= 15 is 0 Å². The molecule has 0 aliphatic rings. The molecule has 5 heteroatoms. The normalized spacial score (nSPS) is 12.5. The molecule has 94 valence electrons. The van der Waals surface area contributed by atoms with Gasteiger partial charge in [-0.3, -0.25) is 0 Å². The van der Waals surface area contributed by atoms with Gasteiger partial charge in [-0.05, 0) is 62.3 Å². The molecule has 2 aromatic rings. The fourth-order valence-corrected chi connectivity index (χ4v) is 2.55. The lowest BCUT2D eigenvalue weighted by Gasteiger charge is -2.15. The molecular weight excluding hydrogens is 431 g/mol. The Morgan fingerprint density at radius 3 is 2.67 bits per heavy atom. The minimum absolute atomic E-state index is 0.334. The minimum Gasteiger partial charge on any atom is -0.320 e. The van der Waals surface area contributed by atoms with Crippen LogP contribution in [0.1, 0.15) is 17.2 Å². The van der Waals surface area contributed by atoms with E-state index in [1.807, 2.05) is 12.1 Å². The van der Waals surface area contributed by atoms with Crippen molar-refractivity contribution in [1.82, 2.24) is 0 Å². The molecule has 18 heavy (non-hydrogen) atoms. The summed E-state index contributed by atoms with van der Waals surface area (Å²) in [5, 5.41) is 0.624. The number of nitrogens with two attached hydrogens (primary N) is 1. The van der Waals surface area contributed by atoms with Gasteiger partial charge in [-0.25, -0.2) is 4.39 Å². The smallest absolute Gasteiger partial charge is 0.142 e. The van der Waals surface area contributed by atoms with Gasteiger partial charge in [0.15, 0.2) is 0 Å². The molecule has 2 aromatic carbocycles. The first-order valence-corrected chi connectivity index (χ1v) is 7.40. The lowest BCUT2D eigenvalue weighted by molar-refractivity contribution is 0.593. The largest absolute Gasteiger partial charge is 0.320 e. The molecule has 0 bridgehead atoms. The van der Waals surface area contributed by atoms with Crippen LogP contribution in [0.15, 0.2) is 40.9 Å². The first kappa shape index (κ1) is 14.2. The molecule has 2 N–H and O–H groups in total. The van der Waals surface area contributed by atoms with E-state index < -0.39 is 6.04 Å². The van der Waals surface area contributed by atoms with E-state index in [4.69, 9.17) is 17.3 Å². The van der Waals surface area contributed by atoms with Crippen LogP contribution in [0.3, 0.4) is 0 Å². The second-order valence-corrected chi connectivity index (χ2v) is 6.22. The summed E-state index contributed by atoms with van der Waals surface area (Å²) in [4.78, 5) is 0. The SMILES string of the molecule is NC(c1ccc(I)c(Cl)c1)c1cccc(Br)c1F. The van der Waals surface area contributed by atoms with Crippen molar-refractivity contribution in [2.75, 3.05) is 0 Å². The summed E-state index contributed by atoms with van der Waals surface area (Å²) in [6.07, 6.45) is 0. The van der Waals surface area contributed by atoms with Crippen molar-refractivity contribution < 1.29 is 4.39 Å². The summed E-state index contributed by atoms with van der Waals surface area (Å²) >= 11 is 11.3. The highest BCUT2D eigenvalue weighted by molar-refractivity contribution is 14.1. The first-order chi connectivity index (χ1) is 8.50. The molecule has 2 rings (SSSR count). The Balaban J connectivity index is 2.44. The molecule has 0 spiro atoms. The molecule has 0 saturated carbocycles. The zero-order valence-electron chi connectivity index (χ0n) is 9.13. The van der Waals surface area contributed by atoms with Crippen molar-refractivity contribution >= 4 is 50.1 Å². The highest BCUT2D eigenvalue weighted by Crippen LogP contribution is 2.29.